The lowest BCUT2D eigenvalue weighted by Gasteiger charge is -2.03. The maximum atomic E-state index is 9.17. The van der Waals surface area contributed by atoms with E-state index in [9.17, 15) is 0 Å². The smallest absolute Gasteiger partial charge is 0.135 e. The van der Waals surface area contributed by atoms with Crippen molar-refractivity contribution in [1.29, 1.82) is 0 Å². The Bertz CT molecular complexity index is 476. The summed E-state index contributed by atoms with van der Waals surface area (Å²) in [6, 6.07) is 5.98. The average molecular weight is 205 g/mol. The molecule has 0 fully saturated rings. The van der Waals surface area contributed by atoms with Gasteiger partial charge in [-0.1, -0.05) is 6.07 Å². The standard InChI is InChI=1S/C11H15N3O/c1-2-14-10-4-3-8(6-12)5-9(10)13-11(14)7-15/h3-5,15H,2,6-7,12H2,1H3. The van der Waals surface area contributed by atoms with Crippen LogP contribution in [0, 0.1) is 0 Å². The third-order valence-corrected chi connectivity index (χ3v) is 2.59. The fraction of sp³-hybridized carbons (Fsp3) is 0.364. The molecule has 0 bridgehead atoms. The van der Waals surface area contributed by atoms with Crippen molar-refractivity contribution in [3.8, 4) is 0 Å². The lowest BCUT2D eigenvalue weighted by Crippen LogP contribution is -2.01. The zero-order chi connectivity index (χ0) is 10.8. The quantitative estimate of drug-likeness (QED) is 0.786. The minimum absolute atomic E-state index is 0.0273. The topological polar surface area (TPSA) is 64.1 Å². The largest absolute Gasteiger partial charge is 0.388 e. The lowest BCUT2D eigenvalue weighted by molar-refractivity contribution is 0.266. The van der Waals surface area contributed by atoms with Crippen molar-refractivity contribution in [2.45, 2.75) is 26.6 Å². The molecule has 0 radical (unpaired) electrons. The maximum Gasteiger partial charge on any atom is 0.135 e. The van der Waals surface area contributed by atoms with Crippen LogP contribution >= 0.6 is 0 Å². The first kappa shape index (κ1) is 10.1. The summed E-state index contributed by atoms with van der Waals surface area (Å²) < 4.78 is 2.01. The van der Waals surface area contributed by atoms with E-state index in [1.807, 2.05) is 29.7 Å². The number of fused-ring (bicyclic) bond motifs is 1. The van der Waals surface area contributed by atoms with Crippen LogP contribution in [-0.4, -0.2) is 14.7 Å². The molecule has 4 nitrogen and oxygen atoms in total. The number of aromatic nitrogens is 2. The van der Waals surface area contributed by atoms with Gasteiger partial charge in [0.1, 0.15) is 12.4 Å². The predicted molar refractivity (Wildman–Crippen MR) is 59.2 cm³/mol. The van der Waals surface area contributed by atoms with Gasteiger partial charge in [-0.15, -0.1) is 0 Å². The second-order valence-electron chi connectivity index (χ2n) is 3.46. The van der Waals surface area contributed by atoms with Crippen LogP contribution in [-0.2, 0) is 19.7 Å². The molecule has 1 heterocycles. The third kappa shape index (κ3) is 1.62. The first-order chi connectivity index (χ1) is 7.30. The van der Waals surface area contributed by atoms with Crippen LogP contribution in [0.1, 0.15) is 18.3 Å². The van der Waals surface area contributed by atoms with E-state index in [0.29, 0.717) is 12.4 Å². The summed E-state index contributed by atoms with van der Waals surface area (Å²) in [6.45, 7) is 3.34. The van der Waals surface area contributed by atoms with Gasteiger partial charge in [0.25, 0.3) is 0 Å². The van der Waals surface area contributed by atoms with Crippen molar-refractivity contribution >= 4 is 11.0 Å². The second kappa shape index (κ2) is 4.00. The summed E-state index contributed by atoms with van der Waals surface area (Å²) in [5, 5.41) is 9.17. The van der Waals surface area contributed by atoms with Crippen LogP contribution < -0.4 is 5.73 Å². The number of aliphatic hydroxyl groups excluding tert-OH is 1. The molecule has 3 N–H and O–H groups in total. The van der Waals surface area contributed by atoms with Crippen LogP contribution in [0.15, 0.2) is 18.2 Å². The second-order valence-corrected chi connectivity index (χ2v) is 3.46. The van der Waals surface area contributed by atoms with Gasteiger partial charge in [0.2, 0.25) is 0 Å². The monoisotopic (exact) mass is 205 g/mol. The Morgan fingerprint density at radius 2 is 2.27 bits per heavy atom. The summed E-state index contributed by atoms with van der Waals surface area (Å²) in [4.78, 5) is 4.37. The number of hydrogen-bond donors (Lipinski definition) is 2. The molecule has 1 aromatic heterocycles. The molecule has 0 amide bonds. The number of hydrogen-bond acceptors (Lipinski definition) is 3. The number of nitrogens with two attached hydrogens (primary N) is 1. The highest BCUT2D eigenvalue weighted by molar-refractivity contribution is 5.76. The third-order valence-electron chi connectivity index (χ3n) is 2.59. The number of aryl methyl sites for hydroxylation is 1. The molecule has 0 spiro atoms. The van der Waals surface area contributed by atoms with E-state index in [1.165, 1.54) is 0 Å². The van der Waals surface area contributed by atoms with E-state index >= 15 is 0 Å². The molecule has 15 heavy (non-hydrogen) atoms. The summed E-state index contributed by atoms with van der Waals surface area (Å²) in [7, 11) is 0. The lowest BCUT2D eigenvalue weighted by atomic mass is 10.2. The van der Waals surface area contributed by atoms with Gasteiger partial charge in [-0.05, 0) is 24.6 Å². The normalized spacial score (nSPS) is 11.1. The number of nitrogens with zero attached hydrogens (tertiary/aromatic N) is 2. The van der Waals surface area contributed by atoms with Crippen LogP contribution in [0.25, 0.3) is 11.0 Å². The van der Waals surface area contributed by atoms with Crippen molar-refractivity contribution < 1.29 is 5.11 Å². The highest BCUT2D eigenvalue weighted by Gasteiger charge is 2.08. The van der Waals surface area contributed by atoms with Crippen molar-refractivity contribution in [3.05, 3.63) is 29.6 Å². The first-order valence-electron chi connectivity index (χ1n) is 5.09. The molecule has 0 atom stereocenters. The van der Waals surface area contributed by atoms with Crippen LogP contribution in [0.4, 0.5) is 0 Å². The van der Waals surface area contributed by atoms with Crippen molar-refractivity contribution in [2.75, 3.05) is 0 Å². The molecule has 2 aromatic rings. The Hall–Kier alpha value is -1.39. The zero-order valence-electron chi connectivity index (χ0n) is 8.77. The van der Waals surface area contributed by atoms with Gasteiger partial charge >= 0.3 is 0 Å². The molecule has 0 aliphatic rings. The highest BCUT2D eigenvalue weighted by Crippen LogP contribution is 2.17. The van der Waals surface area contributed by atoms with E-state index in [0.717, 1.165) is 23.1 Å². The zero-order valence-corrected chi connectivity index (χ0v) is 8.77. The Labute approximate surface area is 88.3 Å². The minimum atomic E-state index is -0.0273. The van der Waals surface area contributed by atoms with Gasteiger partial charge in [0.05, 0.1) is 11.0 Å². The fourth-order valence-corrected chi connectivity index (χ4v) is 1.83. The molecule has 0 saturated carbocycles. The predicted octanol–water partition coefficient (Wildman–Crippen LogP) is 1.01. The van der Waals surface area contributed by atoms with Gasteiger partial charge in [0, 0.05) is 13.1 Å². The maximum absolute atomic E-state index is 9.17. The molecular formula is C11H15N3O. The van der Waals surface area contributed by atoms with Crippen molar-refractivity contribution in [2.24, 2.45) is 5.73 Å². The molecule has 0 saturated heterocycles. The van der Waals surface area contributed by atoms with E-state index < -0.39 is 0 Å². The summed E-state index contributed by atoms with van der Waals surface area (Å²) in [5.74, 6) is 0.710. The number of imidazole rings is 1. The Kier molecular flexibility index (Phi) is 2.70. The number of rotatable bonds is 3. The van der Waals surface area contributed by atoms with Crippen LogP contribution in [0.5, 0.6) is 0 Å². The van der Waals surface area contributed by atoms with E-state index in [4.69, 9.17) is 10.8 Å². The molecule has 1 aromatic carbocycles. The fourth-order valence-electron chi connectivity index (χ4n) is 1.83. The minimum Gasteiger partial charge on any atom is -0.388 e. The summed E-state index contributed by atoms with van der Waals surface area (Å²) >= 11 is 0. The highest BCUT2D eigenvalue weighted by atomic mass is 16.3. The molecule has 0 unspecified atom stereocenters. The van der Waals surface area contributed by atoms with Gasteiger partial charge in [-0.3, -0.25) is 0 Å². The van der Waals surface area contributed by atoms with E-state index in [2.05, 4.69) is 4.98 Å². The molecule has 2 rings (SSSR count). The van der Waals surface area contributed by atoms with E-state index in [1.54, 1.807) is 0 Å². The van der Waals surface area contributed by atoms with Crippen molar-refractivity contribution in [1.82, 2.24) is 9.55 Å². The van der Waals surface area contributed by atoms with E-state index in [-0.39, 0.29) is 6.61 Å². The van der Waals surface area contributed by atoms with Crippen LogP contribution in [0.2, 0.25) is 0 Å². The first-order valence-corrected chi connectivity index (χ1v) is 5.09. The molecule has 0 aliphatic carbocycles. The molecular weight excluding hydrogens is 190 g/mol. The molecule has 4 heteroatoms. The van der Waals surface area contributed by atoms with Crippen molar-refractivity contribution in [3.63, 3.8) is 0 Å². The summed E-state index contributed by atoms with van der Waals surface area (Å²) in [5.41, 5.74) is 8.59. The SMILES string of the molecule is CCn1c(CO)nc2cc(CN)ccc21. The molecule has 0 aliphatic heterocycles. The van der Waals surface area contributed by atoms with Gasteiger partial charge in [-0.25, -0.2) is 4.98 Å². The van der Waals surface area contributed by atoms with Gasteiger partial charge < -0.3 is 15.4 Å². The Morgan fingerprint density at radius 1 is 1.47 bits per heavy atom. The number of benzene rings is 1. The van der Waals surface area contributed by atoms with Crippen LogP contribution in [0.3, 0.4) is 0 Å². The average Bonchev–Trinajstić information content (AvgIpc) is 2.65. The summed E-state index contributed by atoms with van der Waals surface area (Å²) in [6.07, 6.45) is 0. The Balaban J connectivity index is 2.65. The molecule has 80 valence electrons. The van der Waals surface area contributed by atoms with Gasteiger partial charge in [-0.2, -0.15) is 0 Å². The van der Waals surface area contributed by atoms with Gasteiger partial charge in [0.15, 0.2) is 0 Å². The Morgan fingerprint density at radius 3 is 2.87 bits per heavy atom. The number of aliphatic hydroxyl groups is 1.